The zero-order valence-electron chi connectivity index (χ0n) is 14.5. The second-order valence-corrected chi connectivity index (χ2v) is 6.47. The van der Waals surface area contributed by atoms with Crippen molar-refractivity contribution >= 4 is 17.6 Å². The Kier molecular flexibility index (Phi) is 6.53. The minimum absolute atomic E-state index is 0.0478. The number of likely N-dealkylation sites (tertiary alicyclic amines) is 1. The van der Waals surface area contributed by atoms with Crippen LogP contribution in [-0.4, -0.2) is 41.6 Å². The number of hydrogen-bond donors (Lipinski definition) is 1. The molecule has 1 heterocycles. The molecule has 0 radical (unpaired) electrons. The van der Waals surface area contributed by atoms with E-state index in [-0.39, 0.29) is 30.1 Å². The molecule has 24 heavy (non-hydrogen) atoms. The van der Waals surface area contributed by atoms with E-state index in [4.69, 9.17) is 0 Å². The Morgan fingerprint density at radius 3 is 2.50 bits per heavy atom. The van der Waals surface area contributed by atoms with Gasteiger partial charge in [0.1, 0.15) is 0 Å². The Morgan fingerprint density at radius 1 is 1.17 bits per heavy atom. The van der Waals surface area contributed by atoms with Gasteiger partial charge >= 0.3 is 0 Å². The van der Waals surface area contributed by atoms with Crippen LogP contribution in [0.2, 0.25) is 0 Å². The van der Waals surface area contributed by atoms with E-state index in [1.54, 1.807) is 4.90 Å². The van der Waals surface area contributed by atoms with E-state index >= 15 is 0 Å². The van der Waals surface area contributed by atoms with Gasteiger partial charge in [0, 0.05) is 26.4 Å². The van der Waals surface area contributed by atoms with Crippen LogP contribution in [0.4, 0.5) is 0 Å². The number of benzene rings is 1. The van der Waals surface area contributed by atoms with E-state index in [1.165, 1.54) is 6.92 Å². The first-order chi connectivity index (χ1) is 11.5. The van der Waals surface area contributed by atoms with Gasteiger partial charge in [-0.25, -0.2) is 0 Å². The molecule has 1 aromatic rings. The van der Waals surface area contributed by atoms with Crippen molar-refractivity contribution < 1.29 is 14.4 Å². The van der Waals surface area contributed by atoms with Gasteiger partial charge in [0.25, 0.3) is 5.91 Å². The molecule has 2 amide bonds. The fraction of sp³-hybridized carbons (Fsp3) is 0.526. The molecule has 2 rings (SSSR count). The van der Waals surface area contributed by atoms with Gasteiger partial charge in [0.15, 0.2) is 0 Å². The highest BCUT2D eigenvalue weighted by Crippen LogP contribution is 2.22. The van der Waals surface area contributed by atoms with E-state index in [9.17, 15) is 14.4 Å². The normalized spacial score (nSPS) is 20.0. The summed E-state index contributed by atoms with van der Waals surface area (Å²) in [7, 11) is 0. The predicted molar refractivity (Wildman–Crippen MR) is 92.4 cm³/mol. The summed E-state index contributed by atoms with van der Waals surface area (Å²) >= 11 is 0. The van der Waals surface area contributed by atoms with E-state index in [0.29, 0.717) is 19.5 Å². The molecule has 1 aliphatic heterocycles. The Balaban J connectivity index is 1.91. The highest BCUT2D eigenvalue weighted by atomic mass is 16.2. The molecule has 0 spiro atoms. The molecule has 1 N–H and O–H groups in total. The van der Waals surface area contributed by atoms with Crippen molar-refractivity contribution in [2.45, 2.75) is 45.6 Å². The van der Waals surface area contributed by atoms with Crippen LogP contribution in [0.1, 0.15) is 38.7 Å². The van der Waals surface area contributed by atoms with E-state index in [1.807, 2.05) is 30.3 Å². The first kappa shape index (κ1) is 18.2. The van der Waals surface area contributed by atoms with Crippen LogP contribution < -0.4 is 5.32 Å². The Bertz CT molecular complexity index is 586. The highest BCUT2D eigenvalue weighted by Gasteiger charge is 2.36. The van der Waals surface area contributed by atoms with Crippen LogP contribution in [-0.2, 0) is 20.8 Å². The summed E-state index contributed by atoms with van der Waals surface area (Å²) in [6.45, 7) is 4.55. The van der Waals surface area contributed by atoms with Crippen molar-refractivity contribution in [2.75, 3.05) is 13.1 Å². The number of rotatable bonds is 7. The summed E-state index contributed by atoms with van der Waals surface area (Å²) in [5.74, 6) is -0.631. The van der Waals surface area contributed by atoms with Gasteiger partial charge in [-0.2, -0.15) is 0 Å². The smallest absolute Gasteiger partial charge is 0.290 e. The van der Waals surface area contributed by atoms with Crippen molar-refractivity contribution in [1.29, 1.82) is 0 Å². The number of nitrogens with one attached hydrogen (secondary N) is 1. The summed E-state index contributed by atoms with van der Waals surface area (Å²) < 4.78 is 0. The molecule has 2 unspecified atom stereocenters. The van der Waals surface area contributed by atoms with Crippen molar-refractivity contribution in [2.24, 2.45) is 5.92 Å². The number of amides is 2. The van der Waals surface area contributed by atoms with E-state index in [2.05, 4.69) is 12.2 Å². The Hall–Kier alpha value is -2.17. The van der Waals surface area contributed by atoms with Gasteiger partial charge in [0.2, 0.25) is 11.7 Å². The van der Waals surface area contributed by atoms with E-state index in [0.717, 1.165) is 18.4 Å². The Morgan fingerprint density at radius 2 is 1.88 bits per heavy atom. The summed E-state index contributed by atoms with van der Waals surface area (Å²) in [6.07, 6.45) is 2.73. The minimum Gasteiger partial charge on any atom is -0.351 e. The molecule has 5 heteroatoms. The molecular weight excluding hydrogens is 304 g/mol. The Labute approximate surface area is 143 Å². The van der Waals surface area contributed by atoms with Crippen LogP contribution in [0.5, 0.6) is 0 Å². The summed E-state index contributed by atoms with van der Waals surface area (Å²) in [4.78, 5) is 37.6. The molecule has 1 fully saturated rings. The zero-order chi connectivity index (χ0) is 17.5. The van der Waals surface area contributed by atoms with Gasteiger partial charge in [-0.15, -0.1) is 0 Å². The van der Waals surface area contributed by atoms with Crippen LogP contribution in [0.3, 0.4) is 0 Å². The van der Waals surface area contributed by atoms with E-state index < -0.39 is 5.91 Å². The number of aryl methyl sites for hydroxylation is 1. The monoisotopic (exact) mass is 330 g/mol. The standard InChI is InChI=1S/C19H26N2O3/c1-3-7-16-12-21(13-17(16)20-14(2)22)19(24)18(23)11-10-15-8-5-4-6-9-15/h4-6,8-9,16-17H,3,7,10-13H2,1-2H3,(H,20,22). The third kappa shape index (κ3) is 4.91. The molecule has 5 nitrogen and oxygen atoms in total. The second-order valence-electron chi connectivity index (χ2n) is 6.47. The molecule has 1 saturated heterocycles. The van der Waals surface area contributed by atoms with Gasteiger partial charge in [0.05, 0.1) is 6.04 Å². The van der Waals surface area contributed by atoms with Gasteiger partial charge in [-0.05, 0) is 24.3 Å². The third-order valence-electron chi connectivity index (χ3n) is 4.50. The molecule has 2 atom stereocenters. The fourth-order valence-corrected chi connectivity index (χ4v) is 3.31. The van der Waals surface area contributed by atoms with Gasteiger partial charge < -0.3 is 10.2 Å². The summed E-state index contributed by atoms with van der Waals surface area (Å²) in [6, 6.07) is 9.64. The number of Topliss-reactive ketones (excluding diaryl/α,β-unsaturated/α-hetero) is 1. The zero-order valence-corrected chi connectivity index (χ0v) is 14.5. The number of nitrogens with zero attached hydrogens (tertiary/aromatic N) is 1. The first-order valence-corrected chi connectivity index (χ1v) is 8.64. The highest BCUT2D eigenvalue weighted by molar-refractivity contribution is 6.36. The van der Waals surface area contributed by atoms with Crippen molar-refractivity contribution in [3.05, 3.63) is 35.9 Å². The molecule has 130 valence electrons. The minimum atomic E-state index is -0.417. The van der Waals surface area contributed by atoms with Crippen LogP contribution in [0, 0.1) is 5.92 Å². The van der Waals surface area contributed by atoms with Crippen molar-refractivity contribution in [3.63, 3.8) is 0 Å². The lowest BCUT2D eigenvalue weighted by molar-refractivity contribution is -0.144. The van der Waals surface area contributed by atoms with Gasteiger partial charge in [-0.1, -0.05) is 43.7 Å². The fourth-order valence-electron chi connectivity index (χ4n) is 3.31. The molecule has 1 aliphatic rings. The third-order valence-corrected chi connectivity index (χ3v) is 4.50. The topological polar surface area (TPSA) is 66.5 Å². The largest absolute Gasteiger partial charge is 0.351 e. The molecule has 0 bridgehead atoms. The lowest BCUT2D eigenvalue weighted by Crippen LogP contribution is -2.41. The van der Waals surface area contributed by atoms with Crippen LogP contribution in [0.25, 0.3) is 0 Å². The van der Waals surface area contributed by atoms with Crippen molar-refractivity contribution in [3.8, 4) is 0 Å². The average molecular weight is 330 g/mol. The summed E-state index contributed by atoms with van der Waals surface area (Å²) in [5, 5.41) is 2.91. The SMILES string of the molecule is CCCC1CN(C(=O)C(=O)CCc2ccccc2)CC1NC(C)=O. The van der Waals surface area contributed by atoms with Crippen LogP contribution >= 0.6 is 0 Å². The lowest BCUT2D eigenvalue weighted by atomic mass is 9.98. The number of carbonyl (C=O) groups is 3. The molecule has 1 aromatic carbocycles. The summed E-state index contributed by atoms with van der Waals surface area (Å²) in [5.41, 5.74) is 1.06. The molecule has 0 aliphatic carbocycles. The predicted octanol–water partition coefficient (Wildman–Crippen LogP) is 1.95. The number of hydrogen-bond acceptors (Lipinski definition) is 3. The lowest BCUT2D eigenvalue weighted by Gasteiger charge is -2.17. The second kappa shape index (κ2) is 8.62. The first-order valence-electron chi connectivity index (χ1n) is 8.64. The number of carbonyl (C=O) groups excluding carboxylic acids is 3. The molecular formula is C19H26N2O3. The molecule has 0 aromatic heterocycles. The number of ketones is 1. The maximum Gasteiger partial charge on any atom is 0.290 e. The van der Waals surface area contributed by atoms with Gasteiger partial charge in [-0.3, -0.25) is 14.4 Å². The van der Waals surface area contributed by atoms with Crippen LogP contribution in [0.15, 0.2) is 30.3 Å². The average Bonchev–Trinajstić information content (AvgIpc) is 2.95. The van der Waals surface area contributed by atoms with Crippen molar-refractivity contribution in [1.82, 2.24) is 10.2 Å². The maximum atomic E-state index is 12.4. The quantitative estimate of drug-likeness (QED) is 0.777. The molecule has 0 saturated carbocycles. The maximum absolute atomic E-state index is 12.4.